The van der Waals surface area contributed by atoms with Gasteiger partial charge in [-0.1, -0.05) is 6.92 Å². The summed E-state index contributed by atoms with van der Waals surface area (Å²) < 4.78 is 10.6. The number of carbonyl (C=O) groups excluding carboxylic acids is 2. The SMILES string of the molecule is CCN1CCN(C(=O)CCN(CCOC)C(=O)c2cc(C)oc2C)CC1. The van der Waals surface area contributed by atoms with Gasteiger partial charge in [-0.15, -0.1) is 0 Å². The number of ether oxygens (including phenoxy) is 1. The van der Waals surface area contributed by atoms with Crippen molar-refractivity contribution in [2.75, 3.05) is 59.5 Å². The van der Waals surface area contributed by atoms with Crippen LogP contribution in [0.3, 0.4) is 0 Å². The fourth-order valence-corrected chi connectivity index (χ4v) is 3.23. The fourth-order valence-electron chi connectivity index (χ4n) is 3.23. The fraction of sp³-hybridized carbons (Fsp3) is 0.684. The van der Waals surface area contributed by atoms with Crippen molar-refractivity contribution in [2.24, 2.45) is 0 Å². The van der Waals surface area contributed by atoms with Crippen molar-refractivity contribution in [1.29, 1.82) is 0 Å². The van der Waals surface area contributed by atoms with E-state index in [-0.39, 0.29) is 11.8 Å². The molecule has 0 bridgehead atoms. The first-order valence-electron chi connectivity index (χ1n) is 9.31. The molecule has 0 aromatic carbocycles. The molecule has 2 heterocycles. The predicted octanol–water partition coefficient (Wildman–Crippen LogP) is 1.54. The van der Waals surface area contributed by atoms with Crippen molar-refractivity contribution in [1.82, 2.24) is 14.7 Å². The minimum atomic E-state index is -0.111. The highest BCUT2D eigenvalue weighted by Crippen LogP contribution is 2.16. The zero-order valence-corrected chi connectivity index (χ0v) is 16.4. The molecule has 0 saturated carbocycles. The highest BCUT2D eigenvalue weighted by Gasteiger charge is 2.24. The van der Waals surface area contributed by atoms with Crippen molar-refractivity contribution in [3.63, 3.8) is 0 Å². The third-order valence-electron chi connectivity index (χ3n) is 4.89. The molecule has 1 fully saturated rings. The molecule has 1 aromatic heterocycles. The van der Waals surface area contributed by atoms with E-state index in [1.165, 1.54) is 0 Å². The zero-order valence-electron chi connectivity index (χ0n) is 16.4. The summed E-state index contributed by atoms with van der Waals surface area (Å²) in [5, 5.41) is 0. The van der Waals surface area contributed by atoms with Crippen LogP contribution in [0.25, 0.3) is 0 Å². The van der Waals surface area contributed by atoms with Gasteiger partial charge in [0.1, 0.15) is 11.5 Å². The maximum atomic E-state index is 12.8. The first kappa shape index (κ1) is 20.5. The Morgan fingerprint density at radius 2 is 1.88 bits per heavy atom. The molecule has 2 amide bonds. The molecule has 1 saturated heterocycles. The molecule has 7 heteroatoms. The number of methoxy groups -OCH3 is 1. The van der Waals surface area contributed by atoms with Crippen LogP contribution in [-0.2, 0) is 9.53 Å². The summed E-state index contributed by atoms with van der Waals surface area (Å²) in [5.74, 6) is 1.32. The van der Waals surface area contributed by atoms with Crippen LogP contribution < -0.4 is 0 Å². The Bertz CT molecular complexity index is 606. The summed E-state index contributed by atoms with van der Waals surface area (Å²) >= 11 is 0. The second-order valence-corrected chi connectivity index (χ2v) is 6.68. The molecular weight excluding hydrogens is 334 g/mol. The van der Waals surface area contributed by atoms with E-state index in [1.807, 2.05) is 11.8 Å². The number of likely N-dealkylation sites (N-methyl/N-ethyl adjacent to an activating group) is 1. The molecule has 0 atom stereocenters. The molecule has 0 unspecified atom stereocenters. The standard InChI is InChI=1S/C19H31N3O4/c1-5-20-8-10-21(11-9-20)18(23)6-7-22(12-13-25-4)19(24)17-14-15(2)26-16(17)3/h14H,5-13H2,1-4H3. The van der Waals surface area contributed by atoms with Crippen LogP contribution in [0.2, 0.25) is 0 Å². The second-order valence-electron chi connectivity index (χ2n) is 6.68. The van der Waals surface area contributed by atoms with Crippen molar-refractivity contribution in [3.8, 4) is 0 Å². The van der Waals surface area contributed by atoms with E-state index in [0.29, 0.717) is 43.2 Å². The molecule has 0 spiro atoms. The van der Waals surface area contributed by atoms with E-state index in [9.17, 15) is 9.59 Å². The van der Waals surface area contributed by atoms with Crippen molar-refractivity contribution >= 4 is 11.8 Å². The van der Waals surface area contributed by atoms with Crippen LogP contribution in [0.5, 0.6) is 0 Å². The maximum absolute atomic E-state index is 12.8. The smallest absolute Gasteiger partial charge is 0.257 e. The monoisotopic (exact) mass is 365 g/mol. The van der Waals surface area contributed by atoms with Gasteiger partial charge in [-0.25, -0.2) is 0 Å². The molecule has 146 valence electrons. The number of aryl methyl sites for hydroxylation is 2. The average Bonchev–Trinajstić information content (AvgIpc) is 2.99. The second kappa shape index (κ2) is 9.73. The van der Waals surface area contributed by atoms with Gasteiger partial charge >= 0.3 is 0 Å². The summed E-state index contributed by atoms with van der Waals surface area (Å²) in [7, 11) is 1.61. The highest BCUT2D eigenvalue weighted by molar-refractivity contribution is 5.95. The van der Waals surface area contributed by atoms with E-state index in [4.69, 9.17) is 9.15 Å². The highest BCUT2D eigenvalue weighted by atomic mass is 16.5. The van der Waals surface area contributed by atoms with E-state index in [2.05, 4.69) is 11.8 Å². The topological polar surface area (TPSA) is 66.2 Å². The first-order chi connectivity index (χ1) is 12.5. The first-order valence-corrected chi connectivity index (χ1v) is 9.31. The van der Waals surface area contributed by atoms with E-state index in [1.54, 1.807) is 25.0 Å². The number of carbonyl (C=O) groups is 2. The predicted molar refractivity (Wildman–Crippen MR) is 99.3 cm³/mol. The van der Waals surface area contributed by atoms with Crippen LogP contribution in [0, 0.1) is 13.8 Å². The van der Waals surface area contributed by atoms with Crippen LogP contribution in [0.4, 0.5) is 0 Å². The lowest BCUT2D eigenvalue weighted by atomic mass is 10.2. The van der Waals surface area contributed by atoms with Crippen LogP contribution in [0.15, 0.2) is 10.5 Å². The van der Waals surface area contributed by atoms with Gasteiger partial charge in [0.05, 0.1) is 12.2 Å². The summed E-state index contributed by atoms with van der Waals surface area (Å²) in [5.41, 5.74) is 0.558. The number of hydrogen-bond acceptors (Lipinski definition) is 5. The summed E-state index contributed by atoms with van der Waals surface area (Å²) in [6.45, 7) is 11.4. The van der Waals surface area contributed by atoms with Gasteiger partial charge in [-0.05, 0) is 26.5 Å². The lowest BCUT2D eigenvalue weighted by molar-refractivity contribution is -0.133. The maximum Gasteiger partial charge on any atom is 0.257 e. The molecule has 0 radical (unpaired) electrons. The van der Waals surface area contributed by atoms with Gasteiger partial charge in [0.15, 0.2) is 0 Å². The average molecular weight is 365 g/mol. The summed E-state index contributed by atoms with van der Waals surface area (Å²) in [6.07, 6.45) is 0.331. The number of piperazine rings is 1. The Balaban J connectivity index is 1.94. The molecule has 7 nitrogen and oxygen atoms in total. The van der Waals surface area contributed by atoms with E-state index in [0.717, 1.165) is 32.7 Å². The number of amides is 2. The van der Waals surface area contributed by atoms with Gasteiger partial charge in [-0.3, -0.25) is 9.59 Å². The molecule has 26 heavy (non-hydrogen) atoms. The normalized spacial score (nSPS) is 15.3. The number of rotatable bonds is 8. The minimum Gasteiger partial charge on any atom is -0.466 e. The van der Waals surface area contributed by atoms with Gasteiger partial charge < -0.3 is 23.9 Å². The lowest BCUT2D eigenvalue weighted by Gasteiger charge is -2.34. The van der Waals surface area contributed by atoms with Gasteiger partial charge in [0.25, 0.3) is 5.91 Å². The van der Waals surface area contributed by atoms with Gasteiger partial charge in [-0.2, -0.15) is 0 Å². The number of furan rings is 1. The quantitative estimate of drug-likeness (QED) is 0.699. The lowest BCUT2D eigenvalue weighted by Crippen LogP contribution is -2.49. The van der Waals surface area contributed by atoms with Gasteiger partial charge in [0, 0.05) is 52.8 Å². The van der Waals surface area contributed by atoms with Crippen LogP contribution in [-0.4, -0.2) is 86.0 Å². The van der Waals surface area contributed by atoms with E-state index >= 15 is 0 Å². The summed E-state index contributed by atoms with van der Waals surface area (Å²) in [4.78, 5) is 31.3. The molecule has 1 aromatic rings. The minimum absolute atomic E-state index is 0.107. The molecule has 0 aliphatic carbocycles. The van der Waals surface area contributed by atoms with E-state index < -0.39 is 0 Å². The Morgan fingerprint density at radius 3 is 2.42 bits per heavy atom. The summed E-state index contributed by atoms with van der Waals surface area (Å²) in [6, 6.07) is 1.75. The number of nitrogens with zero attached hydrogens (tertiary/aromatic N) is 3. The molecule has 1 aliphatic rings. The van der Waals surface area contributed by atoms with Gasteiger partial charge in [0.2, 0.25) is 5.91 Å². The Hall–Kier alpha value is -1.86. The third kappa shape index (κ3) is 5.32. The zero-order chi connectivity index (χ0) is 19.1. The Morgan fingerprint density at radius 1 is 1.19 bits per heavy atom. The third-order valence-corrected chi connectivity index (χ3v) is 4.89. The van der Waals surface area contributed by atoms with Crippen molar-refractivity contribution in [2.45, 2.75) is 27.2 Å². The van der Waals surface area contributed by atoms with Crippen LogP contribution in [0.1, 0.15) is 35.2 Å². The number of hydrogen-bond donors (Lipinski definition) is 0. The Labute approximate surface area is 155 Å². The molecule has 2 rings (SSSR count). The largest absolute Gasteiger partial charge is 0.466 e. The molecule has 1 aliphatic heterocycles. The molecular formula is C19H31N3O4. The Kier molecular flexibility index (Phi) is 7.66. The van der Waals surface area contributed by atoms with Crippen molar-refractivity contribution < 1.29 is 18.7 Å². The van der Waals surface area contributed by atoms with Crippen molar-refractivity contribution in [3.05, 3.63) is 23.2 Å². The van der Waals surface area contributed by atoms with Crippen LogP contribution >= 0.6 is 0 Å². The molecule has 0 N–H and O–H groups in total.